The van der Waals surface area contributed by atoms with Crippen molar-refractivity contribution in [1.82, 2.24) is 4.31 Å². The lowest BCUT2D eigenvalue weighted by atomic mass is 10.0. The molecule has 0 fully saturated rings. The summed E-state index contributed by atoms with van der Waals surface area (Å²) in [5, 5.41) is 0. The van der Waals surface area contributed by atoms with Gasteiger partial charge in [-0.3, -0.25) is 0 Å². The smallest absolute Gasteiger partial charge is 0.242 e. The summed E-state index contributed by atoms with van der Waals surface area (Å²) in [5.74, 6) is 0. The zero-order valence-electron chi connectivity index (χ0n) is 13.8. The van der Waals surface area contributed by atoms with Gasteiger partial charge >= 0.3 is 12.4 Å². The molecule has 2 nitrogen and oxygen atoms in total. The second-order valence-corrected chi connectivity index (χ2v) is 8.72. The molecular formula is C15H19F6NOS. The Labute approximate surface area is 139 Å². The Balaban J connectivity index is 3.40. The van der Waals surface area contributed by atoms with E-state index in [-0.39, 0.29) is 11.6 Å². The van der Waals surface area contributed by atoms with Crippen LogP contribution in [0.15, 0.2) is 18.2 Å². The SMILES string of the molecule is C[C@@H](c1cc(C(F)(F)F)cc(C(F)(F)F)c1)N(C)S(=O)C(C)(C)C. The van der Waals surface area contributed by atoms with Crippen LogP contribution in [0, 0.1) is 0 Å². The van der Waals surface area contributed by atoms with Gasteiger partial charge < -0.3 is 0 Å². The molecule has 0 bridgehead atoms. The molecule has 0 heterocycles. The van der Waals surface area contributed by atoms with Crippen molar-refractivity contribution in [3.63, 3.8) is 0 Å². The van der Waals surface area contributed by atoms with Crippen LogP contribution in [0.4, 0.5) is 26.3 Å². The number of hydrogen-bond acceptors (Lipinski definition) is 1. The van der Waals surface area contributed by atoms with Gasteiger partial charge in [-0.15, -0.1) is 0 Å². The van der Waals surface area contributed by atoms with Gasteiger partial charge in [0, 0.05) is 13.1 Å². The first-order chi connectivity index (χ1) is 10.5. The van der Waals surface area contributed by atoms with Crippen LogP contribution in [0.2, 0.25) is 0 Å². The molecule has 1 rings (SSSR count). The summed E-state index contributed by atoms with van der Waals surface area (Å²) in [6.45, 7) is 6.41. The van der Waals surface area contributed by atoms with Gasteiger partial charge in [0.25, 0.3) is 0 Å². The second kappa shape index (κ2) is 6.67. The van der Waals surface area contributed by atoms with E-state index in [0.717, 1.165) is 0 Å². The first-order valence-corrected chi connectivity index (χ1v) is 8.10. The number of hydrogen-bond donors (Lipinski definition) is 0. The van der Waals surface area contributed by atoms with E-state index in [0.29, 0.717) is 12.1 Å². The van der Waals surface area contributed by atoms with E-state index in [1.807, 2.05) is 0 Å². The first kappa shape index (κ1) is 21.0. The molecule has 24 heavy (non-hydrogen) atoms. The van der Waals surface area contributed by atoms with Crippen molar-refractivity contribution in [2.75, 3.05) is 7.05 Å². The van der Waals surface area contributed by atoms with E-state index in [4.69, 9.17) is 0 Å². The number of benzene rings is 1. The maximum atomic E-state index is 12.9. The van der Waals surface area contributed by atoms with Crippen molar-refractivity contribution in [2.45, 2.75) is 50.8 Å². The molecule has 0 aliphatic heterocycles. The Hall–Kier alpha value is -1.09. The highest BCUT2D eigenvalue weighted by atomic mass is 32.2. The van der Waals surface area contributed by atoms with Crippen LogP contribution in [-0.4, -0.2) is 20.3 Å². The number of rotatable bonds is 3. The predicted octanol–water partition coefficient (Wildman–Crippen LogP) is 5.18. The molecule has 0 N–H and O–H groups in total. The summed E-state index contributed by atoms with van der Waals surface area (Å²) in [6.07, 6.45) is -9.81. The first-order valence-electron chi connectivity index (χ1n) is 6.99. The van der Waals surface area contributed by atoms with E-state index in [2.05, 4.69) is 0 Å². The third kappa shape index (κ3) is 4.95. The van der Waals surface area contributed by atoms with Crippen molar-refractivity contribution in [3.05, 3.63) is 34.9 Å². The van der Waals surface area contributed by atoms with E-state index in [1.165, 1.54) is 18.3 Å². The molecule has 0 saturated carbocycles. The van der Waals surface area contributed by atoms with Crippen LogP contribution in [0.1, 0.15) is 50.4 Å². The van der Waals surface area contributed by atoms with Gasteiger partial charge in [0.2, 0.25) is 0 Å². The molecule has 0 saturated heterocycles. The fourth-order valence-corrected chi connectivity index (χ4v) is 3.28. The molecule has 1 unspecified atom stereocenters. The summed E-state index contributed by atoms with van der Waals surface area (Å²) in [4.78, 5) is 0. The van der Waals surface area contributed by atoms with E-state index >= 15 is 0 Å². The summed E-state index contributed by atoms with van der Waals surface area (Å²) < 4.78 is 90.3. The van der Waals surface area contributed by atoms with Gasteiger partial charge in [-0.1, -0.05) is 0 Å². The zero-order valence-corrected chi connectivity index (χ0v) is 14.7. The molecular weight excluding hydrogens is 356 g/mol. The van der Waals surface area contributed by atoms with Gasteiger partial charge in [-0.2, -0.15) is 26.3 Å². The lowest BCUT2D eigenvalue weighted by molar-refractivity contribution is -0.143. The van der Waals surface area contributed by atoms with E-state index < -0.39 is 45.3 Å². The number of alkyl halides is 6. The molecule has 0 aliphatic rings. The quantitative estimate of drug-likeness (QED) is 0.667. The normalized spacial score (nSPS) is 16.3. The van der Waals surface area contributed by atoms with Gasteiger partial charge in [0.1, 0.15) is 0 Å². The van der Waals surface area contributed by atoms with Crippen molar-refractivity contribution in [2.24, 2.45) is 0 Å². The minimum atomic E-state index is -4.91. The Morgan fingerprint density at radius 3 is 1.58 bits per heavy atom. The van der Waals surface area contributed by atoms with Crippen molar-refractivity contribution < 1.29 is 30.6 Å². The van der Waals surface area contributed by atoms with Crippen molar-refractivity contribution >= 4 is 11.0 Å². The maximum absolute atomic E-state index is 12.9. The van der Waals surface area contributed by atoms with Crippen LogP contribution >= 0.6 is 0 Å². The van der Waals surface area contributed by atoms with Crippen molar-refractivity contribution in [3.8, 4) is 0 Å². The molecule has 138 valence electrons. The molecule has 9 heteroatoms. The van der Waals surface area contributed by atoms with Crippen LogP contribution in [0.3, 0.4) is 0 Å². The highest BCUT2D eigenvalue weighted by Gasteiger charge is 2.38. The molecule has 2 atom stereocenters. The molecule has 0 radical (unpaired) electrons. The van der Waals surface area contributed by atoms with Crippen LogP contribution in [-0.2, 0) is 23.3 Å². The molecule has 0 aromatic heterocycles. The van der Waals surface area contributed by atoms with E-state index in [1.54, 1.807) is 20.8 Å². The monoisotopic (exact) mass is 375 g/mol. The highest BCUT2D eigenvalue weighted by Crippen LogP contribution is 2.38. The van der Waals surface area contributed by atoms with Crippen LogP contribution < -0.4 is 0 Å². The number of halogens is 6. The largest absolute Gasteiger partial charge is 0.416 e. The third-order valence-corrected chi connectivity index (χ3v) is 5.31. The Bertz CT molecular complexity index is 586. The minimum absolute atomic E-state index is 0.0803. The summed E-state index contributed by atoms with van der Waals surface area (Å²) in [7, 11) is -0.195. The second-order valence-electron chi connectivity index (χ2n) is 6.42. The summed E-state index contributed by atoms with van der Waals surface area (Å²) in [5.41, 5.74) is -2.96. The lowest BCUT2D eigenvalue weighted by Crippen LogP contribution is -2.36. The molecule has 0 aliphatic carbocycles. The van der Waals surface area contributed by atoms with Gasteiger partial charge in [-0.25, -0.2) is 8.51 Å². The fraction of sp³-hybridized carbons (Fsp3) is 0.600. The van der Waals surface area contributed by atoms with Gasteiger partial charge in [0.05, 0.1) is 26.9 Å². The average Bonchev–Trinajstić information content (AvgIpc) is 2.41. The zero-order chi connectivity index (χ0) is 19.1. The molecule has 1 aromatic rings. The third-order valence-electron chi connectivity index (χ3n) is 3.42. The lowest BCUT2D eigenvalue weighted by Gasteiger charge is -2.31. The van der Waals surface area contributed by atoms with Gasteiger partial charge in [0.15, 0.2) is 0 Å². The highest BCUT2D eigenvalue weighted by molar-refractivity contribution is 7.84. The molecule has 0 spiro atoms. The Morgan fingerprint density at radius 1 is 0.917 bits per heavy atom. The molecule has 0 amide bonds. The number of nitrogens with zero attached hydrogens (tertiary/aromatic N) is 1. The topological polar surface area (TPSA) is 20.3 Å². The Morgan fingerprint density at radius 2 is 1.29 bits per heavy atom. The van der Waals surface area contributed by atoms with E-state index in [9.17, 15) is 30.6 Å². The minimum Gasteiger partial charge on any atom is -0.242 e. The summed E-state index contributed by atoms with van der Waals surface area (Å²) in [6, 6.07) is 0.511. The molecule has 1 aromatic carbocycles. The maximum Gasteiger partial charge on any atom is 0.416 e. The standard InChI is InChI=1S/C15H19F6NOS/c1-9(22(5)24(23)13(2,3)4)10-6-11(14(16,17)18)8-12(7-10)15(19,20)21/h6-9H,1-5H3/t9-,24?/m0/s1. The Kier molecular flexibility index (Phi) is 5.82. The fourth-order valence-electron chi connectivity index (χ4n) is 2.01. The average molecular weight is 375 g/mol. The van der Waals surface area contributed by atoms with Crippen molar-refractivity contribution in [1.29, 1.82) is 0 Å². The van der Waals surface area contributed by atoms with Crippen LogP contribution in [0.25, 0.3) is 0 Å². The predicted molar refractivity (Wildman–Crippen MR) is 80.5 cm³/mol. The summed E-state index contributed by atoms with van der Waals surface area (Å²) >= 11 is 0. The van der Waals surface area contributed by atoms with Gasteiger partial charge in [-0.05, 0) is 51.5 Å². The van der Waals surface area contributed by atoms with Crippen LogP contribution in [0.5, 0.6) is 0 Å².